The number of hydrogen-bond acceptors (Lipinski definition) is 4. The van der Waals surface area contributed by atoms with Crippen molar-refractivity contribution in [3.63, 3.8) is 0 Å². The fraction of sp³-hybridized carbons (Fsp3) is 0.300. The Balaban J connectivity index is 1.38. The molecule has 0 spiro atoms. The normalized spacial score (nSPS) is 14.1. The smallest absolute Gasteiger partial charge is 0.251 e. The molecule has 2 N–H and O–H groups in total. The minimum absolute atomic E-state index is 0.00103. The molecule has 0 atom stereocenters. The van der Waals surface area contributed by atoms with Crippen LogP contribution in [-0.2, 0) is 19.3 Å². The molecule has 4 rings (SSSR count). The summed E-state index contributed by atoms with van der Waals surface area (Å²) < 4.78 is 1.20. The van der Waals surface area contributed by atoms with Crippen LogP contribution in [0.2, 0.25) is 0 Å². The zero-order chi connectivity index (χ0) is 17.1. The maximum Gasteiger partial charge on any atom is 0.251 e. The molecule has 3 aromatic rings. The number of rotatable bonds is 4. The van der Waals surface area contributed by atoms with E-state index in [1.165, 1.54) is 15.8 Å². The van der Waals surface area contributed by atoms with Gasteiger partial charge in [0.05, 0.1) is 15.2 Å². The number of hydrogen-bond donors (Lipinski definition) is 2. The highest BCUT2D eigenvalue weighted by Gasteiger charge is 2.12. The van der Waals surface area contributed by atoms with Gasteiger partial charge in [-0.2, -0.15) is 0 Å². The van der Waals surface area contributed by atoms with Gasteiger partial charge < -0.3 is 10.6 Å². The SMILES string of the molecule is O=C(NCCc1nc2ccccc2s1)c1ccc2c(c1)CCNCC2. The van der Waals surface area contributed by atoms with Crippen LogP contribution in [0, 0.1) is 0 Å². The number of carbonyl (C=O) groups is 1. The van der Waals surface area contributed by atoms with E-state index in [2.05, 4.69) is 33.8 Å². The summed E-state index contributed by atoms with van der Waals surface area (Å²) in [6, 6.07) is 14.2. The number of nitrogens with zero attached hydrogens (tertiary/aromatic N) is 1. The third kappa shape index (κ3) is 3.72. The van der Waals surface area contributed by atoms with E-state index < -0.39 is 0 Å². The summed E-state index contributed by atoms with van der Waals surface area (Å²) in [5.41, 5.74) is 4.44. The highest BCUT2D eigenvalue weighted by molar-refractivity contribution is 7.18. The van der Waals surface area contributed by atoms with Crippen LogP contribution in [-0.4, -0.2) is 30.5 Å². The Labute approximate surface area is 151 Å². The third-order valence-electron chi connectivity index (χ3n) is 4.57. The first-order valence-electron chi connectivity index (χ1n) is 8.75. The molecule has 4 nitrogen and oxygen atoms in total. The lowest BCUT2D eigenvalue weighted by Crippen LogP contribution is -2.25. The van der Waals surface area contributed by atoms with Crippen molar-refractivity contribution in [3.8, 4) is 0 Å². The maximum atomic E-state index is 12.4. The van der Waals surface area contributed by atoms with Gasteiger partial charge in [-0.05, 0) is 61.3 Å². The number of carbonyl (C=O) groups excluding carboxylic acids is 1. The van der Waals surface area contributed by atoms with Crippen molar-refractivity contribution in [2.75, 3.05) is 19.6 Å². The molecule has 2 aromatic carbocycles. The van der Waals surface area contributed by atoms with Gasteiger partial charge in [-0.3, -0.25) is 4.79 Å². The van der Waals surface area contributed by atoms with Crippen molar-refractivity contribution < 1.29 is 4.79 Å². The van der Waals surface area contributed by atoms with Gasteiger partial charge in [0.1, 0.15) is 0 Å². The Morgan fingerprint density at radius 1 is 1.12 bits per heavy atom. The minimum Gasteiger partial charge on any atom is -0.352 e. The molecule has 0 bridgehead atoms. The van der Waals surface area contributed by atoms with E-state index in [9.17, 15) is 4.79 Å². The van der Waals surface area contributed by atoms with Gasteiger partial charge in [0.2, 0.25) is 0 Å². The lowest BCUT2D eigenvalue weighted by molar-refractivity contribution is 0.0954. The molecule has 0 fully saturated rings. The van der Waals surface area contributed by atoms with Crippen LogP contribution in [0.3, 0.4) is 0 Å². The molecule has 0 saturated carbocycles. The van der Waals surface area contributed by atoms with Crippen molar-refractivity contribution in [2.24, 2.45) is 0 Å². The largest absolute Gasteiger partial charge is 0.352 e. The Kier molecular flexibility index (Phi) is 4.76. The van der Waals surface area contributed by atoms with E-state index in [1.54, 1.807) is 11.3 Å². The number of fused-ring (bicyclic) bond motifs is 2. The van der Waals surface area contributed by atoms with Crippen molar-refractivity contribution in [1.82, 2.24) is 15.6 Å². The number of thiazole rings is 1. The van der Waals surface area contributed by atoms with E-state index in [1.807, 2.05) is 24.3 Å². The average molecular weight is 351 g/mol. The predicted octanol–water partition coefficient (Wildman–Crippen LogP) is 2.96. The second-order valence-corrected chi connectivity index (χ2v) is 7.43. The van der Waals surface area contributed by atoms with Gasteiger partial charge in [0, 0.05) is 18.5 Å². The molecule has 0 unspecified atom stereocenters. The first-order valence-corrected chi connectivity index (χ1v) is 9.56. The molecule has 1 aromatic heterocycles. The van der Waals surface area contributed by atoms with Crippen LogP contribution in [0.5, 0.6) is 0 Å². The Morgan fingerprint density at radius 3 is 2.84 bits per heavy atom. The lowest BCUT2D eigenvalue weighted by Gasteiger charge is -2.09. The Morgan fingerprint density at radius 2 is 1.96 bits per heavy atom. The van der Waals surface area contributed by atoms with Gasteiger partial charge in [-0.1, -0.05) is 18.2 Å². The van der Waals surface area contributed by atoms with Crippen LogP contribution in [0.1, 0.15) is 26.5 Å². The van der Waals surface area contributed by atoms with Gasteiger partial charge >= 0.3 is 0 Å². The third-order valence-corrected chi connectivity index (χ3v) is 5.67. The molecule has 2 heterocycles. The number of benzene rings is 2. The first kappa shape index (κ1) is 16.2. The van der Waals surface area contributed by atoms with E-state index in [0.29, 0.717) is 6.54 Å². The molecule has 128 valence electrons. The standard InChI is InChI=1S/C20H21N3OS/c24-20(16-6-5-14-7-10-21-11-8-15(14)13-16)22-12-9-19-23-17-3-1-2-4-18(17)25-19/h1-6,13,21H,7-12H2,(H,22,24). The quantitative estimate of drug-likeness (QED) is 0.760. The van der Waals surface area contributed by atoms with Gasteiger partial charge in [-0.25, -0.2) is 4.98 Å². The predicted molar refractivity (Wildman–Crippen MR) is 102 cm³/mol. The summed E-state index contributed by atoms with van der Waals surface area (Å²) in [6.45, 7) is 2.60. The van der Waals surface area contributed by atoms with E-state index in [0.717, 1.165) is 48.4 Å². The summed E-state index contributed by atoms with van der Waals surface area (Å²) in [6.07, 6.45) is 2.79. The van der Waals surface area contributed by atoms with Gasteiger partial charge in [0.15, 0.2) is 0 Å². The fourth-order valence-electron chi connectivity index (χ4n) is 3.23. The lowest BCUT2D eigenvalue weighted by atomic mass is 10.00. The molecule has 0 radical (unpaired) electrons. The van der Waals surface area contributed by atoms with E-state index in [4.69, 9.17) is 0 Å². The number of nitrogens with one attached hydrogen (secondary N) is 2. The number of amides is 1. The van der Waals surface area contributed by atoms with Crippen molar-refractivity contribution in [3.05, 3.63) is 64.2 Å². The van der Waals surface area contributed by atoms with Crippen LogP contribution in [0.15, 0.2) is 42.5 Å². The van der Waals surface area contributed by atoms with Crippen LogP contribution in [0.25, 0.3) is 10.2 Å². The number of aromatic nitrogens is 1. The highest BCUT2D eigenvalue weighted by Crippen LogP contribution is 2.21. The molecular weight excluding hydrogens is 330 g/mol. The fourth-order valence-corrected chi connectivity index (χ4v) is 4.19. The second kappa shape index (κ2) is 7.33. The topological polar surface area (TPSA) is 54.0 Å². The molecule has 0 aliphatic carbocycles. The second-order valence-electron chi connectivity index (χ2n) is 6.31. The Bertz CT molecular complexity index is 870. The zero-order valence-electron chi connectivity index (χ0n) is 14.0. The van der Waals surface area contributed by atoms with Crippen molar-refractivity contribution >= 4 is 27.5 Å². The number of para-hydroxylation sites is 1. The summed E-state index contributed by atoms with van der Waals surface area (Å²) in [5.74, 6) is 0.00103. The van der Waals surface area contributed by atoms with Crippen LogP contribution < -0.4 is 10.6 Å². The van der Waals surface area contributed by atoms with Gasteiger partial charge in [-0.15, -0.1) is 11.3 Å². The summed E-state index contributed by atoms with van der Waals surface area (Å²) in [7, 11) is 0. The highest BCUT2D eigenvalue weighted by atomic mass is 32.1. The van der Waals surface area contributed by atoms with Gasteiger partial charge in [0.25, 0.3) is 5.91 Å². The van der Waals surface area contributed by atoms with Crippen molar-refractivity contribution in [1.29, 1.82) is 0 Å². The molecule has 1 aliphatic rings. The summed E-state index contributed by atoms with van der Waals surface area (Å²) >= 11 is 1.70. The Hall–Kier alpha value is -2.24. The van der Waals surface area contributed by atoms with E-state index >= 15 is 0 Å². The molecular formula is C20H21N3OS. The monoisotopic (exact) mass is 351 g/mol. The molecule has 5 heteroatoms. The van der Waals surface area contributed by atoms with Crippen LogP contribution in [0.4, 0.5) is 0 Å². The molecule has 1 aliphatic heterocycles. The molecule has 25 heavy (non-hydrogen) atoms. The molecule has 0 saturated heterocycles. The maximum absolute atomic E-state index is 12.4. The van der Waals surface area contributed by atoms with E-state index in [-0.39, 0.29) is 5.91 Å². The minimum atomic E-state index is 0.00103. The summed E-state index contributed by atoms with van der Waals surface area (Å²) in [4.78, 5) is 17.0. The zero-order valence-corrected chi connectivity index (χ0v) is 14.9. The average Bonchev–Trinajstić information content (AvgIpc) is 2.90. The molecule has 1 amide bonds. The first-order chi connectivity index (χ1) is 12.3. The van der Waals surface area contributed by atoms with Crippen molar-refractivity contribution in [2.45, 2.75) is 19.3 Å². The van der Waals surface area contributed by atoms with Crippen LogP contribution >= 0.6 is 11.3 Å². The summed E-state index contributed by atoms with van der Waals surface area (Å²) in [5, 5.41) is 7.49.